The number of hydrogen-bond acceptors (Lipinski definition) is 5. The normalized spacial score (nSPS) is 18.7. The number of hydrogen-bond donors (Lipinski definition) is 0. The average Bonchev–Trinajstić information content (AvgIpc) is 3.24. The van der Waals surface area contributed by atoms with Gasteiger partial charge in [-0.3, -0.25) is 4.79 Å². The molecule has 1 saturated heterocycles. The third-order valence-electron chi connectivity index (χ3n) is 4.04. The molecule has 1 aromatic carbocycles. The Morgan fingerprint density at radius 2 is 2.12 bits per heavy atom. The summed E-state index contributed by atoms with van der Waals surface area (Å²) in [5.41, 5.74) is 0.599. The van der Waals surface area contributed by atoms with Gasteiger partial charge in [-0.15, -0.1) is 0 Å². The summed E-state index contributed by atoms with van der Waals surface area (Å²) in [5, 5.41) is 0. The van der Waals surface area contributed by atoms with E-state index >= 15 is 0 Å². The maximum Gasteiger partial charge on any atom is 0.254 e. The number of pyridine rings is 1. The van der Waals surface area contributed by atoms with Gasteiger partial charge in [-0.1, -0.05) is 0 Å². The lowest BCUT2D eigenvalue weighted by Gasteiger charge is -2.17. The molecule has 7 heteroatoms. The van der Waals surface area contributed by atoms with E-state index in [9.17, 15) is 4.79 Å². The van der Waals surface area contributed by atoms with Gasteiger partial charge in [0.15, 0.2) is 11.5 Å². The molecular formula is C17H15BrN2O4. The van der Waals surface area contributed by atoms with E-state index in [4.69, 9.17) is 14.2 Å². The minimum Gasteiger partial charge on any atom is -0.472 e. The first kappa shape index (κ1) is 15.3. The van der Waals surface area contributed by atoms with Crippen LogP contribution in [0.2, 0.25) is 0 Å². The summed E-state index contributed by atoms with van der Waals surface area (Å²) >= 11 is 3.34. The highest BCUT2D eigenvalue weighted by molar-refractivity contribution is 9.10. The van der Waals surface area contributed by atoms with E-state index in [0.717, 1.165) is 10.9 Å². The zero-order chi connectivity index (χ0) is 16.5. The largest absolute Gasteiger partial charge is 0.472 e. The Morgan fingerprint density at radius 1 is 1.25 bits per heavy atom. The second-order valence-corrected chi connectivity index (χ2v) is 6.58. The van der Waals surface area contributed by atoms with Crippen molar-refractivity contribution in [2.75, 3.05) is 19.9 Å². The van der Waals surface area contributed by atoms with Crippen LogP contribution < -0.4 is 14.2 Å². The summed E-state index contributed by atoms with van der Waals surface area (Å²) in [6, 6.07) is 8.96. The van der Waals surface area contributed by atoms with Crippen LogP contribution in [0, 0.1) is 0 Å². The predicted molar refractivity (Wildman–Crippen MR) is 89.4 cm³/mol. The van der Waals surface area contributed by atoms with Crippen LogP contribution in [-0.2, 0) is 0 Å². The first-order valence-electron chi connectivity index (χ1n) is 7.66. The summed E-state index contributed by atoms with van der Waals surface area (Å²) in [5.74, 6) is 1.84. The van der Waals surface area contributed by atoms with Crippen LogP contribution in [0.4, 0.5) is 0 Å². The van der Waals surface area contributed by atoms with Crippen LogP contribution in [0.25, 0.3) is 0 Å². The molecule has 0 saturated carbocycles. The summed E-state index contributed by atoms with van der Waals surface area (Å²) in [4.78, 5) is 18.6. The molecule has 0 spiro atoms. The molecule has 2 aromatic rings. The van der Waals surface area contributed by atoms with Crippen molar-refractivity contribution in [2.45, 2.75) is 12.5 Å². The Kier molecular flexibility index (Phi) is 4.02. The van der Waals surface area contributed by atoms with E-state index in [1.54, 1.807) is 29.3 Å². The first-order chi connectivity index (χ1) is 11.7. The predicted octanol–water partition coefficient (Wildman–Crippen LogP) is 2.87. The number of aromatic nitrogens is 1. The van der Waals surface area contributed by atoms with Gasteiger partial charge in [-0.2, -0.15) is 0 Å². The summed E-state index contributed by atoms with van der Waals surface area (Å²) in [7, 11) is 0. The van der Waals surface area contributed by atoms with Gasteiger partial charge in [0.25, 0.3) is 5.91 Å². The molecule has 2 aliphatic rings. The van der Waals surface area contributed by atoms with Gasteiger partial charge in [0, 0.05) is 35.3 Å². The van der Waals surface area contributed by atoms with Crippen molar-refractivity contribution in [3.8, 4) is 17.4 Å². The molecule has 0 bridgehead atoms. The average molecular weight is 391 g/mol. The molecule has 4 rings (SSSR count). The fraction of sp³-hybridized carbons (Fsp3) is 0.294. The quantitative estimate of drug-likeness (QED) is 0.806. The van der Waals surface area contributed by atoms with Crippen molar-refractivity contribution >= 4 is 21.8 Å². The second-order valence-electron chi connectivity index (χ2n) is 5.66. The number of nitrogens with zero attached hydrogens (tertiary/aromatic N) is 2. The molecule has 1 unspecified atom stereocenters. The number of carbonyl (C=O) groups excluding carboxylic acids is 1. The van der Waals surface area contributed by atoms with Gasteiger partial charge in [0.05, 0.1) is 6.54 Å². The maximum atomic E-state index is 12.6. The molecule has 0 aliphatic carbocycles. The standard InChI is InChI=1S/C17H15BrN2O4/c18-12-2-4-16(19-8-12)24-13-5-6-20(9-13)17(21)11-1-3-14-15(7-11)23-10-22-14/h1-4,7-8,13H,5-6,9-10H2. The van der Waals surface area contributed by atoms with E-state index in [1.807, 2.05) is 12.1 Å². The number of likely N-dealkylation sites (tertiary alicyclic amines) is 1. The summed E-state index contributed by atoms with van der Waals surface area (Å²) in [6.45, 7) is 1.41. The zero-order valence-electron chi connectivity index (χ0n) is 12.8. The Balaban J connectivity index is 1.41. The lowest BCUT2D eigenvalue weighted by Crippen LogP contribution is -2.31. The molecule has 1 atom stereocenters. The van der Waals surface area contributed by atoms with E-state index in [-0.39, 0.29) is 18.8 Å². The molecule has 24 heavy (non-hydrogen) atoms. The highest BCUT2D eigenvalue weighted by Crippen LogP contribution is 2.33. The van der Waals surface area contributed by atoms with Crippen molar-refractivity contribution < 1.29 is 19.0 Å². The van der Waals surface area contributed by atoms with E-state index in [2.05, 4.69) is 20.9 Å². The number of rotatable bonds is 3. The fourth-order valence-corrected chi connectivity index (χ4v) is 3.06. The molecular weight excluding hydrogens is 376 g/mol. The highest BCUT2D eigenvalue weighted by atomic mass is 79.9. The van der Waals surface area contributed by atoms with Crippen molar-refractivity contribution in [2.24, 2.45) is 0 Å². The maximum absolute atomic E-state index is 12.6. The first-order valence-corrected chi connectivity index (χ1v) is 8.45. The SMILES string of the molecule is O=C(c1ccc2c(c1)OCO2)N1CCC(Oc2ccc(Br)cn2)C1. The van der Waals surface area contributed by atoms with Crippen LogP contribution in [0.15, 0.2) is 41.0 Å². The molecule has 3 heterocycles. The molecule has 2 aliphatic heterocycles. The van der Waals surface area contributed by atoms with Crippen LogP contribution in [0.3, 0.4) is 0 Å². The zero-order valence-corrected chi connectivity index (χ0v) is 14.4. The summed E-state index contributed by atoms with van der Waals surface area (Å²) in [6.07, 6.45) is 2.44. The van der Waals surface area contributed by atoms with Crippen LogP contribution >= 0.6 is 15.9 Å². The lowest BCUT2D eigenvalue weighted by molar-refractivity contribution is 0.0771. The van der Waals surface area contributed by atoms with E-state index in [1.165, 1.54) is 0 Å². The summed E-state index contributed by atoms with van der Waals surface area (Å²) < 4.78 is 17.4. The third-order valence-corrected chi connectivity index (χ3v) is 4.51. The molecule has 1 aromatic heterocycles. The van der Waals surface area contributed by atoms with Gasteiger partial charge < -0.3 is 19.1 Å². The number of fused-ring (bicyclic) bond motifs is 1. The Bertz CT molecular complexity index is 766. The minimum absolute atomic E-state index is 0.0248. The Hall–Kier alpha value is -2.28. The van der Waals surface area contributed by atoms with Crippen molar-refractivity contribution in [3.05, 3.63) is 46.6 Å². The van der Waals surface area contributed by atoms with Crippen molar-refractivity contribution in [3.63, 3.8) is 0 Å². The van der Waals surface area contributed by atoms with E-state index in [0.29, 0.717) is 36.0 Å². The van der Waals surface area contributed by atoms with Crippen LogP contribution in [0.5, 0.6) is 17.4 Å². The number of amides is 1. The van der Waals surface area contributed by atoms with Gasteiger partial charge in [-0.25, -0.2) is 4.98 Å². The van der Waals surface area contributed by atoms with Gasteiger partial charge in [0.1, 0.15) is 6.10 Å². The van der Waals surface area contributed by atoms with Crippen LogP contribution in [0.1, 0.15) is 16.8 Å². The molecule has 1 amide bonds. The number of halogens is 1. The Morgan fingerprint density at radius 3 is 2.96 bits per heavy atom. The number of carbonyl (C=O) groups is 1. The minimum atomic E-state index is -0.0448. The smallest absolute Gasteiger partial charge is 0.254 e. The molecule has 6 nitrogen and oxygen atoms in total. The highest BCUT2D eigenvalue weighted by Gasteiger charge is 2.29. The number of ether oxygens (including phenoxy) is 3. The van der Waals surface area contributed by atoms with E-state index < -0.39 is 0 Å². The fourth-order valence-electron chi connectivity index (χ4n) is 2.82. The second kappa shape index (κ2) is 6.32. The topological polar surface area (TPSA) is 60.9 Å². The number of benzene rings is 1. The van der Waals surface area contributed by atoms with Gasteiger partial charge in [-0.05, 0) is 40.2 Å². The lowest BCUT2D eigenvalue weighted by atomic mass is 10.2. The molecule has 0 N–H and O–H groups in total. The van der Waals surface area contributed by atoms with Crippen molar-refractivity contribution in [1.29, 1.82) is 0 Å². The Labute approximate surface area is 147 Å². The molecule has 1 fully saturated rings. The van der Waals surface area contributed by atoms with Gasteiger partial charge in [0.2, 0.25) is 12.7 Å². The third kappa shape index (κ3) is 3.03. The van der Waals surface area contributed by atoms with Gasteiger partial charge >= 0.3 is 0 Å². The molecule has 124 valence electrons. The molecule has 0 radical (unpaired) electrons. The van der Waals surface area contributed by atoms with Crippen LogP contribution in [-0.4, -0.2) is 41.8 Å². The monoisotopic (exact) mass is 390 g/mol. The van der Waals surface area contributed by atoms with Crippen molar-refractivity contribution in [1.82, 2.24) is 9.88 Å².